The van der Waals surface area contributed by atoms with Gasteiger partial charge < -0.3 is 4.90 Å². The number of halogens is 1. The van der Waals surface area contributed by atoms with Crippen LogP contribution in [0.2, 0.25) is 0 Å². The first-order chi connectivity index (χ1) is 9.03. The molecule has 0 unspecified atom stereocenters. The van der Waals surface area contributed by atoms with Crippen LogP contribution in [0, 0.1) is 6.92 Å². The van der Waals surface area contributed by atoms with E-state index in [1.54, 1.807) is 0 Å². The Kier molecular flexibility index (Phi) is 6.76. The van der Waals surface area contributed by atoms with Gasteiger partial charge in [-0.05, 0) is 19.8 Å². The molecular weight excluding hydrogens is 302 g/mol. The van der Waals surface area contributed by atoms with E-state index in [0.717, 1.165) is 42.1 Å². The van der Waals surface area contributed by atoms with Crippen LogP contribution in [0.1, 0.15) is 58.0 Å². The van der Waals surface area contributed by atoms with Gasteiger partial charge in [-0.3, -0.25) is 0 Å². The van der Waals surface area contributed by atoms with E-state index in [4.69, 9.17) is 4.98 Å². The second-order valence-electron chi connectivity index (χ2n) is 5.23. The van der Waals surface area contributed by atoms with Gasteiger partial charge in [0.15, 0.2) is 0 Å². The fourth-order valence-corrected chi connectivity index (χ4v) is 2.67. The maximum Gasteiger partial charge on any atom is 0.133 e. The first kappa shape index (κ1) is 16.4. The Morgan fingerprint density at radius 2 is 1.84 bits per heavy atom. The molecular formula is C15H26BrN3. The van der Waals surface area contributed by atoms with Gasteiger partial charge in [0, 0.05) is 35.6 Å². The normalized spacial score (nSPS) is 11.4. The Morgan fingerprint density at radius 3 is 2.32 bits per heavy atom. The molecule has 0 aliphatic carbocycles. The monoisotopic (exact) mass is 327 g/mol. The second kappa shape index (κ2) is 7.83. The minimum Gasteiger partial charge on any atom is -0.353 e. The highest BCUT2D eigenvalue weighted by atomic mass is 79.9. The van der Waals surface area contributed by atoms with Gasteiger partial charge in [-0.25, -0.2) is 9.97 Å². The van der Waals surface area contributed by atoms with Gasteiger partial charge >= 0.3 is 0 Å². The first-order valence-electron chi connectivity index (χ1n) is 7.21. The van der Waals surface area contributed by atoms with Crippen LogP contribution >= 0.6 is 15.9 Å². The number of anilines is 1. The van der Waals surface area contributed by atoms with Crippen LogP contribution in [0.3, 0.4) is 0 Å². The summed E-state index contributed by atoms with van der Waals surface area (Å²) in [6, 6.07) is 2.65. The fraction of sp³-hybridized carbons (Fsp3) is 0.733. The molecule has 3 nitrogen and oxygen atoms in total. The number of hydrogen-bond donors (Lipinski definition) is 0. The van der Waals surface area contributed by atoms with E-state index in [2.05, 4.69) is 66.5 Å². The van der Waals surface area contributed by atoms with Crippen molar-refractivity contribution in [1.29, 1.82) is 0 Å². The average Bonchev–Trinajstić information content (AvgIpc) is 2.38. The van der Waals surface area contributed by atoms with E-state index in [1.807, 2.05) is 0 Å². The topological polar surface area (TPSA) is 29.0 Å². The lowest BCUT2D eigenvalue weighted by molar-refractivity contribution is 0.560. The number of nitrogens with zero attached hydrogens (tertiary/aromatic N) is 3. The molecule has 19 heavy (non-hydrogen) atoms. The van der Waals surface area contributed by atoms with Gasteiger partial charge in [0.25, 0.3) is 0 Å². The van der Waals surface area contributed by atoms with Crippen LogP contribution in [0.5, 0.6) is 0 Å². The zero-order chi connectivity index (χ0) is 14.4. The first-order valence-corrected chi connectivity index (χ1v) is 8.33. The van der Waals surface area contributed by atoms with Crippen molar-refractivity contribution in [3.63, 3.8) is 0 Å². The number of aromatic nitrogens is 2. The molecule has 0 saturated carbocycles. The molecule has 0 aliphatic rings. The van der Waals surface area contributed by atoms with E-state index in [9.17, 15) is 0 Å². The molecule has 1 heterocycles. The minimum absolute atomic E-state index is 0.367. The van der Waals surface area contributed by atoms with Gasteiger partial charge in [0.2, 0.25) is 0 Å². The van der Waals surface area contributed by atoms with Gasteiger partial charge in [-0.1, -0.05) is 43.6 Å². The van der Waals surface area contributed by atoms with E-state index < -0.39 is 0 Å². The van der Waals surface area contributed by atoms with Crippen molar-refractivity contribution in [2.75, 3.05) is 16.8 Å². The molecule has 0 radical (unpaired) electrons. The SMILES string of the molecule is CCC(CC)N(CCBr)c1cc(C)nc(C(C)C)n1. The quantitative estimate of drug-likeness (QED) is 0.699. The van der Waals surface area contributed by atoms with Crippen LogP contribution in [0.4, 0.5) is 5.82 Å². The highest BCUT2D eigenvalue weighted by Gasteiger charge is 2.18. The Labute approximate surface area is 126 Å². The smallest absolute Gasteiger partial charge is 0.133 e. The maximum absolute atomic E-state index is 4.76. The largest absolute Gasteiger partial charge is 0.353 e. The second-order valence-corrected chi connectivity index (χ2v) is 6.03. The van der Waals surface area contributed by atoms with Gasteiger partial charge in [0.1, 0.15) is 11.6 Å². The molecule has 1 aromatic rings. The van der Waals surface area contributed by atoms with Crippen molar-refractivity contribution in [2.45, 2.75) is 59.4 Å². The number of alkyl halides is 1. The summed E-state index contributed by atoms with van der Waals surface area (Å²) in [6.07, 6.45) is 2.28. The van der Waals surface area contributed by atoms with Gasteiger partial charge in [0.05, 0.1) is 0 Å². The van der Waals surface area contributed by atoms with E-state index in [0.29, 0.717) is 12.0 Å². The standard InChI is InChI=1S/C15H26BrN3/c1-6-13(7-2)19(9-8-16)14-10-12(5)17-15(18-14)11(3)4/h10-11,13H,6-9H2,1-5H3. The van der Waals surface area contributed by atoms with Crippen molar-refractivity contribution in [2.24, 2.45) is 0 Å². The van der Waals surface area contributed by atoms with E-state index in [-0.39, 0.29) is 0 Å². The van der Waals surface area contributed by atoms with Gasteiger partial charge in [-0.2, -0.15) is 0 Å². The zero-order valence-corrected chi connectivity index (χ0v) is 14.4. The van der Waals surface area contributed by atoms with Gasteiger partial charge in [-0.15, -0.1) is 0 Å². The summed E-state index contributed by atoms with van der Waals surface area (Å²) < 4.78 is 0. The molecule has 4 heteroatoms. The number of rotatable bonds is 7. The Morgan fingerprint density at radius 1 is 1.21 bits per heavy atom. The van der Waals surface area contributed by atoms with Crippen LogP contribution < -0.4 is 4.90 Å². The Bertz CT molecular complexity index is 389. The van der Waals surface area contributed by atoms with Crippen molar-refractivity contribution in [3.05, 3.63) is 17.6 Å². The molecule has 0 aromatic carbocycles. The summed E-state index contributed by atoms with van der Waals surface area (Å²) in [5.41, 5.74) is 1.05. The van der Waals surface area contributed by atoms with Crippen molar-refractivity contribution >= 4 is 21.7 Å². The van der Waals surface area contributed by atoms with Crippen LogP contribution in [-0.2, 0) is 0 Å². The summed E-state index contributed by atoms with van der Waals surface area (Å²) in [5, 5.41) is 0.962. The minimum atomic E-state index is 0.367. The van der Waals surface area contributed by atoms with E-state index >= 15 is 0 Å². The fourth-order valence-electron chi connectivity index (χ4n) is 2.28. The third-order valence-electron chi connectivity index (χ3n) is 3.38. The predicted octanol–water partition coefficient (Wildman–Crippen LogP) is 4.30. The zero-order valence-electron chi connectivity index (χ0n) is 12.8. The summed E-state index contributed by atoms with van der Waals surface area (Å²) in [4.78, 5) is 11.7. The molecule has 0 saturated heterocycles. The Balaban J connectivity index is 3.14. The molecule has 0 bridgehead atoms. The lowest BCUT2D eigenvalue weighted by atomic mass is 10.1. The third kappa shape index (κ3) is 4.44. The van der Waals surface area contributed by atoms with E-state index in [1.165, 1.54) is 0 Å². The molecule has 1 aromatic heterocycles. The number of hydrogen-bond acceptors (Lipinski definition) is 3. The molecule has 0 spiro atoms. The third-order valence-corrected chi connectivity index (χ3v) is 3.73. The molecule has 0 aliphatic heterocycles. The summed E-state index contributed by atoms with van der Waals surface area (Å²) in [5.74, 6) is 2.39. The maximum atomic E-state index is 4.76. The molecule has 1 rings (SSSR count). The lowest BCUT2D eigenvalue weighted by Gasteiger charge is -2.31. The number of aryl methyl sites for hydroxylation is 1. The molecule has 108 valence electrons. The summed E-state index contributed by atoms with van der Waals surface area (Å²) in [7, 11) is 0. The van der Waals surface area contributed by atoms with Crippen molar-refractivity contribution in [1.82, 2.24) is 9.97 Å². The average molecular weight is 328 g/mol. The highest BCUT2D eigenvalue weighted by Crippen LogP contribution is 2.21. The molecule has 0 N–H and O–H groups in total. The van der Waals surface area contributed by atoms with Crippen molar-refractivity contribution < 1.29 is 0 Å². The molecule has 0 atom stereocenters. The Hall–Kier alpha value is -0.640. The van der Waals surface area contributed by atoms with Crippen LogP contribution in [0.15, 0.2) is 6.07 Å². The summed E-state index contributed by atoms with van der Waals surface area (Å²) in [6.45, 7) is 11.8. The predicted molar refractivity (Wildman–Crippen MR) is 86.4 cm³/mol. The van der Waals surface area contributed by atoms with Crippen LogP contribution in [0.25, 0.3) is 0 Å². The van der Waals surface area contributed by atoms with Crippen LogP contribution in [-0.4, -0.2) is 27.9 Å². The molecule has 0 amide bonds. The summed E-state index contributed by atoms with van der Waals surface area (Å²) >= 11 is 3.55. The molecule has 0 fully saturated rings. The van der Waals surface area contributed by atoms with Crippen molar-refractivity contribution in [3.8, 4) is 0 Å². The highest BCUT2D eigenvalue weighted by molar-refractivity contribution is 9.09. The lowest BCUT2D eigenvalue weighted by Crippen LogP contribution is -2.37.